The Balaban J connectivity index is 1.47. The van der Waals surface area contributed by atoms with E-state index in [1.165, 1.54) is 0 Å². The van der Waals surface area contributed by atoms with Crippen LogP contribution in [0, 0.1) is 0 Å². The fourth-order valence-corrected chi connectivity index (χ4v) is 2.66. The fourth-order valence-electron chi connectivity index (χ4n) is 2.66. The highest BCUT2D eigenvalue weighted by Crippen LogP contribution is 2.06. The van der Waals surface area contributed by atoms with E-state index in [1.54, 1.807) is 0 Å². The maximum Gasteiger partial charge on any atom is 0.229 e. The van der Waals surface area contributed by atoms with Crippen LogP contribution in [0.5, 0.6) is 0 Å². The first-order valence-corrected chi connectivity index (χ1v) is 10.0. The van der Waals surface area contributed by atoms with E-state index in [0.29, 0.717) is 37.9 Å². The number of aromatic nitrogens is 6. The molecule has 0 spiro atoms. The molecule has 0 aliphatic rings. The summed E-state index contributed by atoms with van der Waals surface area (Å²) in [5.41, 5.74) is 35.7. The SMILES string of the molecule is NC(=NCCNc1nc(N)nc(N)n1)c1ccc(C(N)=NCCNc2nc(N)nc(N)n2)cc1. The largest absolute Gasteiger partial charge is 0.384 e. The third kappa shape index (κ3) is 7.01. The van der Waals surface area contributed by atoms with Gasteiger partial charge in [0.15, 0.2) is 0 Å². The number of aliphatic imine (C=N–C) groups is 2. The van der Waals surface area contributed by atoms with Gasteiger partial charge < -0.3 is 45.0 Å². The van der Waals surface area contributed by atoms with Crippen molar-refractivity contribution in [2.24, 2.45) is 21.5 Å². The molecule has 16 nitrogen and oxygen atoms in total. The molecule has 0 saturated carbocycles. The number of hydrogen-bond donors (Lipinski definition) is 8. The molecular weight excluding hydrogens is 440 g/mol. The normalized spacial score (nSPS) is 11.9. The molecule has 34 heavy (non-hydrogen) atoms. The molecule has 0 atom stereocenters. The molecule has 0 radical (unpaired) electrons. The Bertz CT molecular complexity index is 1040. The predicted octanol–water partition coefficient (Wildman–Crippen LogP) is -1.98. The van der Waals surface area contributed by atoms with Gasteiger partial charge in [-0.1, -0.05) is 24.3 Å². The molecule has 0 aliphatic carbocycles. The highest BCUT2D eigenvalue weighted by atomic mass is 15.2. The summed E-state index contributed by atoms with van der Waals surface area (Å²) in [6.45, 7) is 1.63. The Kier molecular flexibility index (Phi) is 7.67. The summed E-state index contributed by atoms with van der Waals surface area (Å²) in [5.74, 6) is 1.44. The van der Waals surface area contributed by atoms with Gasteiger partial charge in [0.05, 0.1) is 13.1 Å². The van der Waals surface area contributed by atoms with Crippen molar-refractivity contribution >= 4 is 47.4 Å². The number of anilines is 6. The number of benzene rings is 1. The molecule has 0 amide bonds. The number of nitrogen functional groups attached to an aromatic ring is 4. The van der Waals surface area contributed by atoms with Gasteiger partial charge in [-0.15, -0.1) is 0 Å². The van der Waals surface area contributed by atoms with Crippen molar-refractivity contribution in [3.05, 3.63) is 35.4 Å². The molecule has 3 rings (SSSR count). The fraction of sp³-hybridized carbons (Fsp3) is 0.222. The average molecular weight is 467 g/mol. The summed E-state index contributed by atoms with van der Waals surface area (Å²) >= 11 is 0. The van der Waals surface area contributed by atoms with Crippen LogP contribution in [0.3, 0.4) is 0 Å². The van der Waals surface area contributed by atoms with Gasteiger partial charge in [0, 0.05) is 24.2 Å². The van der Waals surface area contributed by atoms with Crippen molar-refractivity contribution in [3.8, 4) is 0 Å². The highest BCUT2D eigenvalue weighted by molar-refractivity contribution is 6.00. The maximum absolute atomic E-state index is 6.06. The van der Waals surface area contributed by atoms with Crippen LogP contribution in [-0.4, -0.2) is 67.8 Å². The minimum Gasteiger partial charge on any atom is -0.384 e. The molecule has 0 unspecified atom stereocenters. The van der Waals surface area contributed by atoms with E-state index in [-0.39, 0.29) is 35.7 Å². The van der Waals surface area contributed by atoms with Crippen LogP contribution in [0.25, 0.3) is 0 Å². The summed E-state index contributed by atoms with van der Waals surface area (Å²) in [5, 5.41) is 5.90. The Hall–Kier alpha value is -5.02. The molecule has 0 bridgehead atoms. The van der Waals surface area contributed by atoms with E-state index >= 15 is 0 Å². The zero-order chi connectivity index (χ0) is 24.5. The van der Waals surface area contributed by atoms with E-state index in [1.807, 2.05) is 24.3 Å². The van der Waals surface area contributed by atoms with Crippen molar-refractivity contribution < 1.29 is 0 Å². The van der Waals surface area contributed by atoms with Crippen LogP contribution in [0.4, 0.5) is 35.7 Å². The Morgan fingerprint density at radius 2 is 0.912 bits per heavy atom. The number of nitrogens with two attached hydrogens (primary N) is 6. The lowest BCUT2D eigenvalue weighted by molar-refractivity contribution is 0.974. The molecule has 2 aromatic heterocycles. The van der Waals surface area contributed by atoms with Gasteiger partial charge in [-0.3, -0.25) is 9.98 Å². The van der Waals surface area contributed by atoms with E-state index in [0.717, 1.165) is 11.1 Å². The molecule has 0 aliphatic heterocycles. The van der Waals surface area contributed by atoms with E-state index in [4.69, 9.17) is 34.4 Å². The molecule has 16 heteroatoms. The molecule has 0 saturated heterocycles. The van der Waals surface area contributed by atoms with Crippen molar-refractivity contribution in [1.82, 2.24) is 29.9 Å². The van der Waals surface area contributed by atoms with Crippen molar-refractivity contribution in [2.45, 2.75) is 0 Å². The van der Waals surface area contributed by atoms with E-state index in [2.05, 4.69) is 50.5 Å². The van der Waals surface area contributed by atoms with Gasteiger partial charge in [-0.25, -0.2) is 0 Å². The topological polar surface area (TPSA) is 282 Å². The van der Waals surface area contributed by atoms with Crippen molar-refractivity contribution in [1.29, 1.82) is 0 Å². The second-order valence-corrected chi connectivity index (χ2v) is 6.72. The minimum absolute atomic E-state index is 0.0373. The van der Waals surface area contributed by atoms with Crippen molar-refractivity contribution in [3.63, 3.8) is 0 Å². The van der Waals surface area contributed by atoms with Crippen LogP contribution in [0.1, 0.15) is 11.1 Å². The molecular formula is C18H26N16. The number of nitrogens with one attached hydrogen (secondary N) is 2. The third-order valence-electron chi connectivity index (χ3n) is 4.17. The molecule has 2 heterocycles. The number of hydrogen-bond acceptors (Lipinski definition) is 14. The first-order valence-electron chi connectivity index (χ1n) is 10.0. The lowest BCUT2D eigenvalue weighted by Gasteiger charge is -2.06. The van der Waals surface area contributed by atoms with Crippen LogP contribution < -0.4 is 45.0 Å². The molecule has 178 valence electrons. The molecule has 0 fully saturated rings. The minimum atomic E-state index is 0.0373. The average Bonchev–Trinajstić information content (AvgIpc) is 2.78. The van der Waals surface area contributed by atoms with Gasteiger partial charge in [0.25, 0.3) is 0 Å². The summed E-state index contributed by atoms with van der Waals surface area (Å²) in [7, 11) is 0. The first-order chi connectivity index (χ1) is 16.3. The van der Waals surface area contributed by atoms with Crippen LogP contribution in [0.15, 0.2) is 34.3 Å². The Morgan fingerprint density at radius 1 is 0.588 bits per heavy atom. The Labute approximate surface area is 194 Å². The summed E-state index contributed by atoms with van der Waals surface area (Å²) in [4.78, 5) is 31.7. The highest BCUT2D eigenvalue weighted by Gasteiger charge is 2.04. The predicted molar refractivity (Wildman–Crippen MR) is 132 cm³/mol. The number of nitrogens with zero attached hydrogens (tertiary/aromatic N) is 8. The van der Waals surface area contributed by atoms with E-state index < -0.39 is 0 Å². The zero-order valence-electron chi connectivity index (χ0n) is 18.2. The standard InChI is InChI=1S/C18H26N16/c19-11(25-5-7-27-17-31-13(21)29-14(22)32-17)9-1-2-10(4-3-9)12(20)26-6-8-28-18-33-15(23)30-16(24)34-18/h1-4H,5-8H2,(H2,19,25)(H2,20,26)(H5,21,22,27,29,31,32)(H5,23,24,28,30,33,34). The van der Waals surface area contributed by atoms with Gasteiger partial charge in [-0.05, 0) is 0 Å². The Morgan fingerprint density at radius 3 is 1.24 bits per heavy atom. The third-order valence-corrected chi connectivity index (χ3v) is 4.17. The summed E-state index contributed by atoms with van der Waals surface area (Å²) < 4.78 is 0. The van der Waals surface area contributed by atoms with Gasteiger partial charge in [-0.2, -0.15) is 29.9 Å². The second-order valence-electron chi connectivity index (χ2n) is 6.72. The smallest absolute Gasteiger partial charge is 0.229 e. The van der Waals surface area contributed by atoms with Gasteiger partial charge in [0.1, 0.15) is 11.7 Å². The summed E-state index contributed by atoms with van der Waals surface area (Å²) in [6.07, 6.45) is 0. The molecule has 1 aromatic carbocycles. The van der Waals surface area contributed by atoms with Crippen LogP contribution >= 0.6 is 0 Å². The zero-order valence-corrected chi connectivity index (χ0v) is 18.2. The van der Waals surface area contributed by atoms with E-state index in [9.17, 15) is 0 Å². The number of amidine groups is 2. The number of rotatable bonds is 10. The second kappa shape index (κ2) is 11.0. The van der Waals surface area contributed by atoms with Gasteiger partial charge in [0.2, 0.25) is 35.7 Å². The molecule has 14 N–H and O–H groups in total. The summed E-state index contributed by atoms with van der Waals surface area (Å²) in [6, 6.07) is 7.25. The van der Waals surface area contributed by atoms with Crippen LogP contribution in [0.2, 0.25) is 0 Å². The lowest BCUT2D eigenvalue weighted by atomic mass is 10.1. The quantitative estimate of drug-likeness (QED) is 0.0912. The lowest BCUT2D eigenvalue weighted by Crippen LogP contribution is -2.19. The van der Waals surface area contributed by atoms with Gasteiger partial charge >= 0.3 is 0 Å². The first kappa shape index (κ1) is 23.6. The van der Waals surface area contributed by atoms with Crippen LogP contribution in [-0.2, 0) is 0 Å². The van der Waals surface area contributed by atoms with Crippen molar-refractivity contribution in [2.75, 3.05) is 59.7 Å². The monoisotopic (exact) mass is 466 g/mol. The maximum atomic E-state index is 6.06. The molecule has 3 aromatic rings.